The van der Waals surface area contributed by atoms with Crippen LogP contribution >= 0.6 is 11.8 Å². The van der Waals surface area contributed by atoms with Crippen molar-refractivity contribution in [2.24, 2.45) is 0 Å². The van der Waals surface area contributed by atoms with Crippen LogP contribution in [-0.4, -0.2) is 50.9 Å². The Bertz CT molecular complexity index is 749. The van der Waals surface area contributed by atoms with Crippen LogP contribution in [0.3, 0.4) is 0 Å². The molecule has 2 aromatic rings. The van der Waals surface area contributed by atoms with E-state index in [9.17, 15) is 13.6 Å². The number of carbonyl (C=O) groups excluding carboxylic acids is 1. The Morgan fingerprint density at radius 3 is 2.37 bits per heavy atom. The van der Waals surface area contributed by atoms with Gasteiger partial charge in [-0.1, -0.05) is 6.07 Å². The van der Waals surface area contributed by atoms with Gasteiger partial charge in [0.2, 0.25) is 0 Å². The smallest absolute Gasteiger partial charge is 0.279 e. The zero-order valence-electron chi connectivity index (χ0n) is 15.1. The summed E-state index contributed by atoms with van der Waals surface area (Å²) in [5.41, 5.74) is 0.501. The van der Waals surface area contributed by atoms with Gasteiger partial charge in [-0.3, -0.25) is 4.79 Å². The molecule has 7 heteroatoms. The average molecular weight is 394 g/mol. The van der Waals surface area contributed by atoms with Crippen molar-refractivity contribution in [3.05, 3.63) is 60.2 Å². The van der Waals surface area contributed by atoms with Crippen molar-refractivity contribution in [2.45, 2.75) is 4.90 Å². The van der Waals surface area contributed by atoms with E-state index in [1.807, 2.05) is 12.1 Å². The fourth-order valence-electron chi connectivity index (χ4n) is 3.23. The molecule has 1 aliphatic heterocycles. The molecule has 3 rings (SSSR count). The van der Waals surface area contributed by atoms with E-state index in [0.29, 0.717) is 12.2 Å². The van der Waals surface area contributed by atoms with E-state index in [-0.39, 0.29) is 17.5 Å². The fourth-order valence-corrected chi connectivity index (χ4v) is 4.18. The van der Waals surface area contributed by atoms with E-state index in [2.05, 4.69) is 5.32 Å². The Labute approximate surface area is 162 Å². The molecular weight excluding hydrogens is 368 g/mol. The molecule has 2 aromatic carbocycles. The van der Waals surface area contributed by atoms with Crippen LogP contribution in [0, 0.1) is 11.6 Å². The van der Waals surface area contributed by atoms with Crippen LogP contribution < -0.4 is 15.1 Å². The summed E-state index contributed by atoms with van der Waals surface area (Å²) >= 11 is 1.75. The molecule has 0 unspecified atom stereocenters. The van der Waals surface area contributed by atoms with Crippen molar-refractivity contribution in [3.8, 4) is 0 Å². The predicted molar refractivity (Wildman–Crippen MR) is 103 cm³/mol. The molecule has 1 heterocycles. The second kappa shape index (κ2) is 9.82. The molecule has 0 saturated carbocycles. The zero-order chi connectivity index (χ0) is 19.1. The first kappa shape index (κ1) is 19.8. The van der Waals surface area contributed by atoms with E-state index in [0.717, 1.165) is 43.4 Å². The van der Waals surface area contributed by atoms with Gasteiger partial charge in [-0.25, -0.2) is 8.78 Å². The Hall–Kier alpha value is -1.96. The number of amides is 1. The number of carbonyl (C=O) groups is 1. The molecule has 0 radical (unpaired) electrons. The number of quaternary nitrogens is 2. The van der Waals surface area contributed by atoms with E-state index < -0.39 is 0 Å². The number of benzene rings is 2. The van der Waals surface area contributed by atoms with Crippen molar-refractivity contribution in [1.82, 2.24) is 0 Å². The van der Waals surface area contributed by atoms with Gasteiger partial charge >= 0.3 is 0 Å². The molecule has 1 aliphatic rings. The third kappa shape index (κ3) is 6.61. The molecule has 0 aliphatic carbocycles. The van der Waals surface area contributed by atoms with E-state index >= 15 is 0 Å². The van der Waals surface area contributed by atoms with Gasteiger partial charge in [0.15, 0.2) is 6.54 Å². The van der Waals surface area contributed by atoms with E-state index in [1.165, 1.54) is 29.2 Å². The van der Waals surface area contributed by atoms with Gasteiger partial charge in [0.05, 0.1) is 6.54 Å². The SMILES string of the molecule is O=C(C[NH+]1CC[NH+](CCSc2ccc(F)cc2)CC1)Nc1cccc(F)c1. The number of anilines is 1. The van der Waals surface area contributed by atoms with Crippen LogP contribution in [0.2, 0.25) is 0 Å². The molecule has 1 amide bonds. The standard InChI is InChI=1S/C20H23F2N3OS/c21-16-4-6-19(7-5-16)27-13-12-24-8-10-25(11-9-24)15-20(26)23-18-3-1-2-17(22)14-18/h1-7,14H,8-13,15H2,(H,23,26)/p+2. The largest absolute Gasteiger partial charge is 0.325 e. The first-order valence-corrected chi connectivity index (χ1v) is 10.2. The quantitative estimate of drug-likeness (QED) is 0.599. The Kier molecular flexibility index (Phi) is 7.20. The zero-order valence-corrected chi connectivity index (χ0v) is 16.0. The van der Waals surface area contributed by atoms with Crippen LogP contribution in [0.25, 0.3) is 0 Å². The van der Waals surface area contributed by atoms with Crippen molar-refractivity contribution in [3.63, 3.8) is 0 Å². The van der Waals surface area contributed by atoms with Crippen molar-refractivity contribution >= 4 is 23.4 Å². The van der Waals surface area contributed by atoms with Gasteiger partial charge in [-0.15, -0.1) is 11.8 Å². The molecule has 0 spiro atoms. The minimum Gasteiger partial charge on any atom is -0.325 e. The summed E-state index contributed by atoms with van der Waals surface area (Å²) in [5, 5.41) is 2.76. The maximum atomic E-state index is 13.2. The van der Waals surface area contributed by atoms with Gasteiger partial charge in [-0.05, 0) is 42.5 Å². The number of nitrogens with one attached hydrogen (secondary N) is 3. The first-order valence-electron chi connectivity index (χ1n) is 9.19. The molecular formula is C20H25F2N3OS+2. The van der Waals surface area contributed by atoms with Crippen molar-refractivity contribution < 1.29 is 23.4 Å². The van der Waals surface area contributed by atoms with Crippen LogP contribution in [0.1, 0.15) is 0 Å². The molecule has 27 heavy (non-hydrogen) atoms. The Morgan fingerprint density at radius 1 is 0.963 bits per heavy atom. The first-order chi connectivity index (χ1) is 13.1. The predicted octanol–water partition coefficient (Wildman–Crippen LogP) is 0.479. The van der Waals surface area contributed by atoms with E-state index in [1.54, 1.807) is 28.8 Å². The molecule has 3 N–H and O–H groups in total. The van der Waals surface area contributed by atoms with E-state index in [4.69, 9.17) is 0 Å². The lowest BCUT2D eigenvalue weighted by Gasteiger charge is -2.29. The lowest BCUT2D eigenvalue weighted by molar-refractivity contribution is -1.01. The maximum absolute atomic E-state index is 13.2. The topological polar surface area (TPSA) is 38.0 Å². The molecule has 144 valence electrons. The van der Waals surface area contributed by atoms with Gasteiger partial charge in [0.25, 0.3) is 5.91 Å². The average Bonchev–Trinajstić information content (AvgIpc) is 2.65. The molecule has 0 aromatic heterocycles. The summed E-state index contributed by atoms with van der Waals surface area (Å²) in [6.45, 7) is 5.44. The number of piperazine rings is 1. The monoisotopic (exact) mass is 393 g/mol. The van der Waals surface area contributed by atoms with Gasteiger partial charge < -0.3 is 15.1 Å². The Morgan fingerprint density at radius 2 is 1.67 bits per heavy atom. The fraction of sp³-hybridized carbons (Fsp3) is 0.350. The van der Waals surface area contributed by atoms with Crippen molar-refractivity contribution in [2.75, 3.05) is 50.3 Å². The number of halogens is 2. The lowest BCUT2D eigenvalue weighted by atomic mass is 10.3. The second-order valence-corrected chi connectivity index (χ2v) is 7.96. The summed E-state index contributed by atoms with van der Waals surface area (Å²) in [7, 11) is 0. The highest BCUT2D eigenvalue weighted by Crippen LogP contribution is 2.16. The summed E-state index contributed by atoms with van der Waals surface area (Å²) in [6.07, 6.45) is 0. The molecule has 4 nitrogen and oxygen atoms in total. The lowest BCUT2D eigenvalue weighted by Crippen LogP contribution is -3.28. The molecule has 1 fully saturated rings. The highest BCUT2D eigenvalue weighted by Gasteiger charge is 2.24. The van der Waals surface area contributed by atoms with Gasteiger partial charge in [-0.2, -0.15) is 0 Å². The summed E-state index contributed by atoms with van der Waals surface area (Å²) in [5.74, 6) is 0.364. The van der Waals surface area contributed by atoms with Crippen LogP contribution in [0.5, 0.6) is 0 Å². The van der Waals surface area contributed by atoms with Crippen LogP contribution in [0.15, 0.2) is 53.4 Å². The second-order valence-electron chi connectivity index (χ2n) is 6.79. The minimum atomic E-state index is -0.351. The summed E-state index contributed by atoms with van der Waals surface area (Å²) in [4.78, 5) is 16.0. The van der Waals surface area contributed by atoms with Crippen molar-refractivity contribution in [1.29, 1.82) is 0 Å². The minimum absolute atomic E-state index is 0.0779. The molecule has 0 bridgehead atoms. The van der Waals surface area contributed by atoms with Gasteiger partial charge in [0.1, 0.15) is 37.8 Å². The van der Waals surface area contributed by atoms with Crippen LogP contribution in [-0.2, 0) is 4.79 Å². The van der Waals surface area contributed by atoms with Crippen LogP contribution in [0.4, 0.5) is 14.5 Å². The number of rotatable bonds is 7. The maximum Gasteiger partial charge on any atom is 0.279 e. The van der Waals surface area contributed by atoms with Gasteiger partial charge in [0, 0.05) is 16.3 Å². The highest BCUT2D eigenvalue weighted by molar-refractivity contribution is 7.99. The number of hydrogen-bond acceptors (Lipinski definition) is 2. The Balaban J connectivity index is 1.33. The molecule has 1 saturated heterocycles. The summed E-state index contributed by atoms with van der Waals surface area (Å²) < 4.78 is 26.1. The third-order valence-electron chi connectivity index (χ3n) is 4.72. The molecule has 0 atom stereocenters. The normalized spacial score (nSPS) is 19.6. The number of hydrogen-bond donors (Lipinski definition) is 3. The third-order valence-corrected chi connectivity index (χ3v) is 5.73. The number of thioether (sulfide) groups is 1. The summed E-state index contributed by atoms with van der Waals surface area (Å²) in [6, 6.07) is 12.6. The highest BCUT2D eigenvalue weighted by atomic mass is 32.2.